The third-order valence-electron chi connectivity index (χ3n) is 2.61. The Kier molecular flexibility index (Phi) is 5.02. The third-order valence-corrected chi connectivity index (χ3v) is 3.85. The van der Waals surface area contributed by atoms with E-state index in [9.17, 15) is 4.79 Å². The number of carbonyl (C=O) groups is 1. The summed E-state index contributed by atoms with van der Waals surface area (Å²) in [6.45, 7) is 5.90. The van der Waals surface area contributed by atoms with Crippen LogP contribution in [0, 0.1) is 6.92 Å². The largest absolute Gasteiger partial charge is 0.347 e. The molecule has 0 saturated carbocycles. The molecule has 0 aliphatic carbocycles. The van der Waals surface area contributed by atoms with Gasteiger partial charge in [-0.05, 0) is 54.8 Å². The summed E-state index contributed by atoms with van der Waals surface area (Å²) in [5.74, 6) is 0.457. The SMILES string of the molecule is Cc1cccc(C(=O)NC(C)(C)CCCl)c1Br. The van der Waals surface area contributed by atoms with Gasteiger partial charge in [0.2, 0.25) is 0 Å². The van der Waals surface area contributed by atoms with Gasteiger partial charge in [-0.25, -0.2) is 0 Å². The van der Waals surface area contributed by atoms with Gasteiger partial charge in [-0.15, -0.1) is 11.6 Å². The smallest absolute Gasteiger partial charge is 0.252 e. The van der Waals surface area contributed by atoms with Gasteiger partial charge in [-0.2, -0.15) is 0 Å². The van der Waals surface area contributed by atoms with Crippen LogP contribution < -0.4 is 5.32 Å². The molecule has 1 N–H and O–H groups in total. The van der Waals surface area contributed by atoms with Crippen LogP contribution in [0.5, 0.6) is 0 Å². The Bertz CT molecular complexity index is 418. The Morgan fingerprint density at radius 1 is 1.47 bits per heavy atom. The van der Waals surface area contributed by atoms with E-state index in [1.807, 2.05) is 39.0 Å². The number of rotatable bonds is 4. The number of carbonyl (C=O) groups excluding carboxylic acids is 1. The molecule has 0 atom stereocenters. The summed E-state index contributed by atoms with van der Waals surface area (Å²) in [5.41, 5.74) is 1.42. The molecule has 1 aromatic rings. The molecule has 0 aliphatic heterocycles. The number of hydrogen-bond donors (Lipinski definition) is 1. The molecule has 0 aliphatic rings. The number of alkyl halides is 1. The summed E-state index contributed by atoms with van der Waals surface area (Å²) < 4.78 is 0.846. The fourth-order valence-electron chi connectivity index (χ4n) is 1.50. The van der Waals surface area contributed by atoms with Crippen molar-refractivity contribution in [3.63, 3.8) is 0 Å². The van der Waals surface area contributed by atoms with Crippen LogP contribution in [0.15, 0.2) is 22.7 Å². The van der Waals surface area contributed by atoms with Crippen molar-refractivity contribution in [2.75, 3.05) is 5.88 Å². The number of amides is 1. The molecular weight excluding hydrogens is 302 g/mol. The maximum absolute atomic E-state index is 12.1. The molecule has 0 fully saturated rings. The second-order valence-corrected chi connectivity index (χ2v) is 5.88. The second kappa shape index (κ2) is 5.87. The third kappa shape index (κ3) is 4.00. The Balaban J connectivity index is 2.87. The topological polar surface area (TPSA) is 29.1 Å². The quantitative estimate of drug-likeness (QED) is 0.838. The van der Waals surface area contributed by atoms with E-state index < -0.39 is 0 Å². The summed E-state index contributed by atoms with van der Waals surface area (Å²) in [6, 6.07) is 5.65. The predicted molar refractivity (Wildman–Crippen MR) is 75.8 cm³/mol. The predicted octanol–water partition coefficient (Wildman–Crippen LogP) is 3.89. The first kappa shape index (κ1) is 14.5. The van der Waals surface area contributed by atoms with E-state index in [2.05, 4.69) is 21.2 Å². The molecule has 4 heteroatoms. The Hall–Kier alpha value is -0.540. The van der Waals surface area contributed by atoms with Gasteiger partial charge in [-0.1, -0.05) is 12.1 Å². The standard InChI is InChI=1S/C13H17BrClNO/c1-9-5-4-6-10(11(9)14)12(17)16-13(2,3)7-8-15/h4-6H,7-8H2,1-3H3,(H,16,17). The van der Waals surface area contributed by atoms with Crippen molar-refractivity contribution in [1.82, 2.24) is 5.32 Å². The van der Waals surface area contributed by atoms with Crippen LogP contribution in [-0.2, 0) is 0 Å². The van der Waals surface area contributed by atoms with E-state index >= 15 is 0 Å². The zero-order chi connectivity index (χ0) is 13.1. The van der Waals surface area contributed by atoms with Gasteiger partial charge in [-0.3, -0.25) is 4.79 Å². The normalized spacial score (nSPS) is 11.4. The zero-order valence-electron chi connectivity index (χ0n) is 10.3. The molecule has 94 valence electrons. The van der Waals surface area contributed by atoms with Gasteiger partial charge in [0, 0.05) is 15.9 Å². The van der Waals surface area contributed by atoms with E-state index in [0.29, 0.717) is 11.4 Å². The van der Waals surface area contributed by atoms with Crippen molar-refractivity contribution >= 4 is 33.4 Å². The molecule has 0 saturated heterocycles. The molecule has 2 nitrogen and oxygen atoms in total. The number of hydrogen-bond acceptors (Lipinski definition) is 1. The molecule has 1 rings (SSSR count). The number of nitrogens with one attached hydrogen (secondary N) is 1. The first-order chi connectivity index (χ1) is 7.87. The molecule has 0 heterocycles. The van der Waals surface area contributed by atoms with Crippen LogP contribution in [0.2, 0.25) is 0 Å². The van der Waals surface area contributed by atoms with Crippen LogP contribution in [0.1, 0.15) is 36.2 Å². The van der Waals surface area contributed by atoms with Gasteiger partial charge >= 0.3 is 0 Å². The summed E-state index contributed by atoms with van der Waals surface area (Å²) in [5, 5.41) is 2.99. The van der Waals surface area contributed by atoms with Crippen LogP contribution >= 0.6 is 27.5 Å². The molecule has 17 heavy (non-hydrogen) atoms. The number of halogens is 2. The lowest BCUT2D eigenvalue weighted by Crippen LogP contribution is -2.43. The monoisotopic (exact) mass is 317 g/mol. The van der Waals surface area contributed by atoms with Crippen molar-refractivity contribution in [3.05, 3.63) is 33.8 Å². The molecular formula is C13H17BrClNO. The van der Waals surface area contributed by atoms with Gasteiger partial charge in [0.1, 0.15) is 0 Å². The summed E-state index contributed by atoms with van der Waals surface area (Å²) in [4.78, 5) is 12.1. The molecule has 1 aromatic carbocycles. The first-order valence-corrected chi connectivity index (χ1v) is 6.84. The van der Waals surface area contributed by atoms with Crippen LogP contribution in [-0.4, -0.2) is 17.3 Å². The van der Waals surface area contributed by atoms with Gasteiger partial charge in [0.15, 0.2) is 0 Å². The fourth-order valence-corrected chi connectivity index (χ4v) is 2.41. The highest BCUT2D eigenvalue weighted by atomic mass is 79.9. The van der Waals surface area contributed by atoms with Crippen LogP contribution in [0.4, 0.5) is 0 Å². The van der Waals surface area contributed by atoms with E-state index in [-0.39, 0.29) is 11.4 Å². The van der Waals surface area contributed by atoms with E-state index in [1.54, 1.807) is 0 Å². The highest BCUT2D eigenvalue weighted by molar-refractivity contribution is 9.10. The molecule has 0 unspecified atom stereocenters. The first-order valence-electron chi connectivity index (χ1n) is 5.51. The van der Waals surface area contributed by atoms with Crippen LogP contribution in [0.25, 0.3) is 0 Å². The summed E-state index contributed by atoms with van der Waals surface area (Å²) in [7, 11) is 0. The minimum atomic E-state index is -0.290. The van der Waals surface area contributed by atoms with E-state index in [0.717, 1.165) is 16.5 Å². The lowest BCUT2D eigenvalue weighted by Gasteiger charge is -2.25. The van der Waals surface area contributed by atoms with E-state index in [4.69, 9.17) is 11.6 Å². The van der Waals surface area contributed by atoms with Crippen molar-refractivity contribution < 1.29 is 4.79 Å². The number of aryl methyl sites for hydroxylation is 1. The average Bonchev–Trinajstić information content (AvgIpc) is 2.21. The lowest BCUT2D eigenvalue weighted by atomic mass is 10.0. The average molecular weight is 319 g/mol. The maximum Gasteiger partial charge on any atom is 0.252 e. The minimum absolute atomic E-state index is 0.0734. The maximum atomic E-state index is 12.1. The Morgan fingerprint density at radius 2 is 2.12 bits per heavy atom. The van der Waals surface area contributed by atoms with Gasteiger partial charge < -0.3 is 5.32 Å². The number of benzene rings is 1. The fraction of sp³-hybridized carbons (Fsp3) is 0.462. The highest BCUT2D eigenvalue weighted by Crippen LogP contribution is 2.22. The highest BCUT2D eigenvalue weighted by Gasteiger charge is 2.21. The van der Waals surface area contributed by atoms with E-state index in [1.165, 1.54) is 0 Å². The van der Waals surface area contributed by atoms with Crippen molar-refractivity contribution in [1.29, 1.82) is 0 Å². The van der Waals surface area contributed by atoms with Gasteiger partial charge in [0.05, 0.1) is 5.56 Å². The molecule has 0 spiro atoms. The Labute approximate surface area is 116 Å². The zero-order valence-corrected chi connectivity index (χ0v) is 12.7. The summed E-state index contributed by atoms with van der Waals surface area (Å²) >= 11 is 9.15. The van der Waals surface area contributed by atoms with Gasteiger partial charge in [0.25, 0.3) is 5.91 Å². The Morgan fingerprint density at radius 3 is 2.71 bits per heavy atom. The molecule has 1 amide bonds. The van der Waals surface area contributed by atoms with Crippen molar-refractivity contribution in [2.24, 2.45) is 0 Å². The summed E-state index contributed by atoms with van der Waals surface area (Å²) in [6.07, 6.45) is 0.740. The van der Waals surface area contributed by atoms with Crippen molar-refractivity contribution in [2.45, 2.75) is 32.7 Å². The minimum Gasteiger partial charge on any atom is -0.347 e. The molecule has 0 radical (unpaired) electrons. The van der Waals surface area contributed by atoms with Crippen LogP contribution in [0.3, 0.4) is 0 Å². The molecule has 0 aromatic heterocycles. The second-order valence-electron chi connectivity index (χ2n) is 4.71. The molecule has 0 bridgehead atoms. The van der Waals surface area contributed by atoms with Crippen molar-refractivity contribution in [3.8, 4) is 0 Å². The lowest BCUT2D eigenvalue weighted by molar-refractivity contribution is 0.0911.